The van der Waals surface area contributed by atoms with Gasteiger partial charge in [0.25, 0.3) is 5.69 Å². The lowest BCUT2D eigenvalue weighted by Crippen LogP contribution is -2.10. The molecule has 3 rings (SSSR count). The second-order valence-electron chi connectivity index (χ2n) is 7.12. The topological polar surface area (TPSA) is 60.2 Å². The molecule has 0 radical (unpaired) electrons. The van der Waals surface area contributed by atoms with Crippen LogP contribution in [0.15, 0.2) is 84.9 Å². The van der Waals surface area contributed by atoms with E-state index in [-0.39, 0.29) is 11.5 Å². The average Bonchev–Trinajstić information content (AvgIpc) is 2.69. The summed E-state index contributed by atoms with van der Waals surface area (Å²) in [6, 6.07) is 25.0. The smallest absolute Gasteiger partial charge is 0.270 e. The minimum absolute atomic E-state index is 0.0771. The third kappa shape index (κ3) is 5.89. The van der Waals surface area contributed by atoms with Crippen molar-refractivity contribution in [3.8, 4) is 0 Å². The molecule has 138 valence electrons. The molecule has 0 aliphatic heterocycles. The highest BCUT2D eigenvalue weighted by Crippen LogP contribution is 2.20. The number of hydrogen-bond donors (Lipinski definition) is 0. The van der Waals surface area contributed by atoms with Crippen LogP contribution in [-0.2, 0) is 5.41 Å². The summed E-state index contributed by atoms with van der Waals surface area (Å²) in [7, 11) is 0. The summed E-state index contributed by atoms with van der Waals surface area (Å²) in [6.07, 6.45) is 0. The maximum Gasteiger partial charge on any atom is 0.270 e. The molecule has 0 N–H and O–H groups in total. The fourth-order valence-corrected chi connectivity index (χ4v) is 2.46. The van der Waals surface area contributed by atoms with E-state index in [0.29, 0.717) is 16.5 Å². The van der Waals surface area contributed by atoms with E-state index in [2.05, 4.69) is 51.1 Å². The van der Waals surface area contributed by atoms with Crippen LogP contribution >= 0.6 is 0 Å². The Morgan fingerprint density at radius 1 is 0.778 bits per heavy atom. The van der Waals surface area contributed by atoms with Crippen molar-refractivity contribution in [3.05, 3.63) is 112 Å². The van der Waals surface area contributed by atoms with Crippen molar-refractivity contribution in [2.75, 3.05) is 0 Å². The average molecular weight is 361 g/mol. The van der Waals surface area contributed by atoms with Gasteiger partial charge in [0.1, 0.15) is 0 Å². The molecule has 0 bridgehead atoms. The summed E-state index contributed by atoms with van der Waals surface area (Å²) in [5.41, 5.74) is 2.46. The third-order valence-electron chi connectivity index (χ3n) is 3.99. The summed E-state index contributed by atoms with van der Waals surface area (Å²) in [5, 5.41) is 10.6. The predicted octanol–water partition coefficient (Wildman–Crippen LogP) is 5.81. The molecule has 0 spiro atoms. The van der Waals surface area contributed by atoms with Gasteiger partial charge in [0.05, 0.1) is 4.92 Å². The molecule has 3 aromatic carbocycles. The Bertz CT molecular complexity index is 898. The summed E-state index contributed by atoms with van der Waals surface area (Å²) in [5.74, 6) is -0.214. The lowest BCUT2D eigenvalue weighted by molar-refractivity contribution is -0.384. The highest BCUT2D eigenvalue weighted by molar-refractivity contribution is 6.09. The van der Waals surface area contributed by atoms with Crippen LogP contribution in [0.25, 0.3) is 0 Å². The standard InChI is InChI=1S/C13H9NO3.C10H14/c15-13(10-5-2-1-3-6-10)11-7-4-8-12(9-11)14(16)17;1-10(2,3)9-7-5-4-6-8-9/h1-9H;4-8H,1-3H3. The number of carbonyl (C=O) groups is 1. The molecule has 0 saturated carbocycles. The fraction of sp³-hybridized carbons (Fsp3) is 0.174. The fourth-order valence-electron chi connectivity index (χ4n) is 2.46. The van der Waals surface area contributed by atoms with Crippen molar-refractivity contribution in [1.82, 2.24) is 0 Å². The molecule has 4 nitrogen and oxygen atoms in total. The molecule has 0 saturated heterocycles. The molecule has 0 amide bonds. The second kappa shape index (κ2) is 8.90. The Morgan fingerprint density at radius 2 is 1.30 bits per heavy atom. The van der Waals surface area contributed by atoms with Crippen LogP contribution < -0.4 is 0 Å². The van der Waals surface area contributed by atoms with E-state index < -0.39 is 4.92 Å². The number of carbonyl (C=O) groups excluding carboxylic acids is 1. The zero-order chi connectivity index (χ0) is 19.9. The number of rotatable bonds is 3. The van der Waals surface area contributed by atoms with Gasteiger partial charge in [-0.1, -0.05) is 93.6 Å². The molecule has 0 unspecified atom stereocenters. The molecule has 27 heavy (non-hydrogen) atoms. The van der Waals surface area contributed by atoms with E-state index in [1.165, 1.54) is 23.8 Å². The number of non-ortho nitro benzene ring substituents is 1. The van der Waals surface area contributed by atoms with Gasteiger partial charge in [-0.3, -0.25) is 14.9 Å². The van der Waals surface area contributed by atoms with Gasteiger partial charge in [0.15, 0.2) is 5.78 Å². The number of nitro benzene ring substituents is 1. The van der Waals surface area contributed by atoms with Gasteiger partial charge >= 0.3 is 0 Å². The first-order valence-electron chi connectivity index (χ1n) is 8.69. The van der Waals surface area contributed by atoms with Crippen LogP contribution in [0.2, 0.25) is 0 Å². The first-order chi connectivity index (χ1) is 12.8. The first-order valence-corrected chi connectivity index (χ1v) is 8.69. The predicted molar refractivity (Wildman–Crippen MR) is 108 cm³/mol. The van der Waals surface area contributed by atoms with Crippen molar-refractivity contribution in [1.29, 1.82) is 0 Å². The number of benzene rings is 3. The van der Waals surface area contributed by atoms with E-state index in [0.717, 1.165) is 0 Å². The SMILES string of the molecule is CC(C)(C)c1ccccc1.O=C(c1ccccc1)c1cccc([N+](=O)[O-])c1. The van der Waals surface area contributed by atoms with Crippen LogP contribution in [0.5, 0.6) is 0 Å². The highest BCUT2D eigenvalue weighted by Gasteiger charge is 2.13. The molecule has 4 heteroatoms. The van der Waals surface area contributed by atoms with Gasteiger partial charge < -0.3 is 0 Å². The van der Waals surface area contributed by atoms with Crippen LogP contribution in [0, 0.1) is 10.1 Å². The number of nitrogens with zero attached hydrogens (tertiary/aromatic N) is 1. The van der Waals surface area contributed by atoms with Crippen molar-refractivity contribution >= 4 is 11.5 Å². The highest BCUT2D eigenvalue weighted by atomic mass is 16.6. The van der Waals surface area contributed by atoms with Gasteiger partial charge in [-0.15, -0.1) is 0 Å². The van der Waals surface area contributed by atoms with Crippen LogP contribution in [-0.4, -0.2) is 10.7 Å². The van der Waals surface area contributed by atoms with Gasteiger partial charge in [-0.25, -0.2) is 0 Å². The Labute approximate surface area is 159 Å². The Kier molecular flexibility index (Phi) is 6.61. The lowest BCUT2D eigenvalue weighted by atomic mass is 9.87. The third-order valence-corrected chi connectivity index (χ3v) is 3.99. The van der Waals surface area contributed by atoms with Gasteiger partial charge in [-0.2, -0.15) is 0 Å². The number of hydrogen-bond acceptors (Lipinski definition) is 3. The minimum atomic E-state index is -0.512. The van der Waals surface area contributed by atoms with Crippen molar-refractivity contribution in [2.45, 2.75) is 26.2 Å². The van der Waals surface area contributed by atoms with Gasteiger partial charge in [0.2, 0.25) is 0 Å². The summed E-state index contributed by atoms with van der Waals surface area (Å²) in [6.45, 7) is 6.67. The van der Waals surface area contributed by atoms with Crippen molar-refractivity contribution < 1.29 is 9.72 Å². The normalized spacial score (nSPS) is 10.5. The lowest BCUT2D eigenvalue weighted by Gasteiger charge is -2.18. The van der Waals surface area contributed by atoms with E-state index in [1.54, 1.807) is 30.3 Å². The molecule has 0 aromatic heterocycles. The minimum Gasteiger partial charge on any atom is -0.289 e. The molecule has 0 aliphatic rings. The second-order valence-corrected chi connectivity index (χ2v) is 7.12. The quantitative estimate of drug-likeness (QED) is 0.336. The summed E-state index contributed by atoms with van der Waals surface area (Å²) in [4.78, 5) is 22.1. The number of ketones is 1. The maximum atomic E-state index is 12.0. The monoisotopic (exact) mass is 361 g/mol. The molecule has 0 aliphatic carbocycles. The molecule has 0 atom stereocenters. The van der Waals surface area contributed by atoms with Crippen LogP contribution in [0.1, 0.15) is 42.3 Å². The summed E-state index contributed by atoms with van der Waals surface area (Å²) >= 11 is 0. The largest absolute Gasteiger partial charge is 0.289 e. The summed E-state index contributed by atoms with van der Waals surface area (Å²) < 4.78 is 0. The zero-order valence-corrected chi connectivity index (χ0v) is 15.8. The molecule has 3 aromatic rings. The first kappa shape index (κ1) is 20.0. The zero-order valence-electron chi connectivity index (χ0n) is 15.8. The molecule has 0 fully saturated rings. The van der Waals surface area contributed by atoms with E-state index in [9.17, 15) is 14.9 Å². The Balaban J connectivity index is 0.000000223. The van der Waals surface area contributed by atoms with E-state index in [4.69, 9.17) is 0 Å². The van der Waals surface area contributed by atoms with E-state index in [1.807, 2.05) is 6.07 Å². The Morgan fingerprint density at radius 3 is 1.78 bits per heavy atom. The molecular formula is C23H23NO3. The van der Waals surface area contributed by atoms with Crippen LogP contribution in [0.3, 0.4) is 0 Å². The Hall–Kier alpha value is -3.27. The van der Waals surface area contributed by atoms with E-state index >= 15 is 0 Å². The van der Waals surface area contributed by atoms with Gasteiger partial charge in [-0.05, 0) is 11.0 Å². The van der Waals surface area contributed by atoms with Gasteiger partial charge in [0, 0.05) is 23.3 Å². The molecule has 0 heterocycles. The maximum absolute atomic E-state index is 12.0. The molecular weight excluding hydrogens is 338 g/mol. The number of nitro groups is 1. The van der Waals surface area contributed by atoms with Crippen LogP contribution in [0.4, 0.5) is 5.69 Å². The van der Waals surface area contributed by atoms with Crippen molar-refractivity contribution in [2.24, 2.45) is 0 Å². The van der Waals surface area contributed by atoms with Crippen molar-refractivity contribution in [3.63, 3.8) is 0 Å².